The number of aromatic nitrogens is 2. The fourth-order valence-electron chi connectivity index (χ4n) is 1.87. The number of nitrogens with one attached hydrogen (secondary N) is 1. The molecule has 0 fully saturated rings. The molecule has 1 aromatic heterocycles. The van der Waals surface area contributed by atoms with E-state index in [0.717, 1.165) is 23.4 Å². The average Bonchev–Trinajstić information content (AvgIpc) is 3.01. The van der Waals surface area contributed by atoms with Gasteiger partial charge in [0.1, 0.15) is 11.6 Å². The lowest BCUT2D eigenvalue weighted by molar-refractivity contribution is -0.112. The van der Waals surface area contributed by atoms with Crippen molar-refractivity contribution >= 4 is 38.5 Å². The lowest BCUT2D eigenvalue weighted by Crippen LogP contribution is -2.13. The van der Waals surface area contributed by atoms with Crippen molar-refractivity contribution in [2.45, 2.75) is 24.9 Å². The molecule has 1 amide bonds. The molecule has 2 rings (SSSR count). The number of hydrogen-bond donors (Lipinski definition) is 1. The van der Waals surface area contributed by atoms with Crippen molar-refractivity contribution in [1.29, 1.82) is 5.26 Å². The zero-order valence-corrected chi connectivity index (χ0v) is 15.5. The summed E-state index contributed by atoms with van der Waals surface area (Å²) in [6.45, 7) is 4.15. The minimum Gasteiger partial charge on any atom is -0.296 e. The van der Waals surface area contributed by atoms with Crippen LogP contribution in [-0.4, -0.2) is 29.9 Å². The number of sulfone groups is 1. The van der Waals surface area contributed by atoms with Crippen LogP contribution in [0.15, 0.2) is 35.0 Å². The van der Waals surface area contributed by atoms with Gasteiger partial charge in [0.05, 0.1) is 0 Å². The Morgan fingerprint density at radius 1 is 1.32 bits per heavy atom. The smallest absolute Gasteiger partial charge is 0.268 e. The number of carbonyl (C=O) groups excluding carboxylic acids is 1. The summed E-state index contributed by atoms with van der Waals surface area (Å²) >= 11 is 0.735. The van der Waals surface area contributed by atoms with Crippen LogP contribution in [-0.2, 0) is 14.6 Å². The first-order chi connectivity index (χ1) is 11.7. The van der Waals surface area contributed by atoms with E-state index in [9.17, 15) is 18.5 Å². The van der Waals surface area contributed by atoms with Crippen LogP contribution in [0, 0.1) is 11.3 Å². The summed E-state index contributed by atoms with van der Waals surface area (Å²) < 4.78 is 26.3. The monoisotopic (exact) mass is 376 g/mol. The Morgan fingerprint density at radius 2 is 1.96 bits per heavy atom. The highest BCUT2D eigenvalue weighted by molar-refractivity contribution is 7.90. The van der Waals surface area contributed by atoms with Gasteiger partial charge in [-0.2, -0.15) is 14.6 Å². The normalized spacial score (nSPS) is 12.0. The molecule has 0 radical (unpaired) electrons. The van der Waals surface area contributed by atoms with Crippen LogP contribution >= 0.6 is 11.5 Å². The second-order valence-corrected chi connectivity index (χ2v) is 8.26. The van der Waals surface area contributed by atoms with E-state index in [4.69, 9.17) is 0 Å². The number of carbonyl (C=O) groups is 1. The summed E-state index contributed by atoms with van der Waals surface area (Å²) in [7, 11) is -3.55. The van der Waals surface area contributed by atoms with Crippen molar-refractivity contribution in [3.63, 3.8) is 0 Å². The van der Waals surface area contributed by atoms with E-state index in [-0.39, 0.29) is 15.9 Å². The number of rotatable bonds is 5. The maximum atomic E-state index is 12.2. The van der Waals surface area contributed by atoms with Gasteiger partial charge in [-0.1, -0.05) is 38.1 Å². The van der Waals surface area contributed by atoms with Crippen molar-refractivity contribution < 1.29 is 13.2 Å². The van der Waals surface area contributed by atoms with Gasteiger partial charge in [-0.25, -0.2) is 8.42 Å². The van der Waals surface area contributed by atoms with Gasteiger partial charge in [-0.05, 0) is 23.1 Å². The maximum Gasteiger partial charge on any atom is 0.268 e. The van der Waals surface area contributed by atoms with E-state index in [1.165, 1.54) is 6.08 Å². The van der Waals surface area contributed by atoms with Gasteiger partial charge in [0.15, 0.2) is 0 Å². The fourth-order valence-corrected chi connectivity index (χ4v) is 3.31. The number of amides is 1. The number of nitrogens with zero attached hydrogens (tertiary/aromatic N) is 3. The van der Waals surface area contributed by atoms with E-state index in [1.807, 2.05) is 30.3 Å². The standard InChI is InChI=1S/C16H16N4O3S2/c1-10(2)12-6-4-11(5-7-12)8-13(9-17)14(21)18-15-19-16(20-24-15)25(3,22)23/h4-8,10H,1-3H3,(H,18,19,20,21)/b13-8-. The van der Waals surface area contributed by atoms with Crippen LogP contribution in [0.2, 0.25) is 0 Å². The molecule has 1 N–H and O–H groups in total. The van der Waals surface area contributed by atoms with Crippen LogP contribution in [0.5, 0.6) is 0 Å². The molecule has 25 heavy (non-hydrogen) atoms. The molecule has 2 aromatic rings. The Bertz CT molecular complexity index is 952. The predicted molar refractivity (Wildman–Crippen MR) is 95.8 cm³/mol. The molecule has 1 heterocycles. The number of hydrogen-bond acceptors (Lipinski definition) is 7. The lowest BCUT2D eigenvalue weighted by atomic mass is 10.0. The molecule has 0 saturated heterocycles. The van der Waals surface area contributed by atoms with Gasteiger partial charge in [-0.3, -0.25) is 10.1 Å². The van der Waals surface area contributed by atoms with Crippen LogP contribution in [0.4, 0.5) is 5.13 Å². The fraction of sp³-hybridized carbons (Fsp3) is 0.250. The first-order valence-corrected chi connectivity index (χ1v) is 9.94. The Hall–Kier alpha value is -2.57. The highest BCUT2D eigenvalue weighted by Crippen LogP contribution is 2.18. The zero-order valence-electron chi connectivity index (χ0n) is 13.8. The Kier molecular flexibility index (Phi) is 5.66. The second-order valence-electron chi connectivity index (χ2n) is 5.60. The molecule has 0 aliphatic carbocycles. The minimum absolute atomic E-state index is 0.0155. The molecule has 9 heteroatoms. The van der Waals surface area contributed by atoms with Crippen LogP contribution in [0.1, 0.15) is 30.9 Å². The third-order valence-electron chi connectivity index (χ3n) is 3.24. The van der Waals surface area contributed by atoms with Gasteiger partial charge in [0, 0.05) is 17.8 Å². The maximum absolute atomic E-state index is 12.2. The SMILES string of the molecule is CC(C)c1ccc(/C=C(/C#N)C(=O)Nc2nc(S(C)(=O)=O)ns2)cc1. The van der Waals surface area contributed by atoms with E-state index in [2.05, 4.69) is 28.5 Å². The number of nitriles is 1. The number of anilines is 1. The second kappa shape index (κ2) is 7.55. The molecule has 0 aliphatic rings. The Balaban J connectivity index is 2.18. The minimum atomic E-state index is -3.55. The lowest BCUT2D eigenvalue weighted by Gasteiger charge is -2.05. The van der Waals surface area contributed by atoms with Crippen LogP contribution in [0.3, 0.4) is 0 Å². The Labute approximate surface area is 150 Å². The summed E-state index contributed by atoms with van der Waals surface area (Å²) in [6, 6.07) is 9.36. The van der Waals surface area contributed by atoms with Crippen molar-refractivity contribution in [2.75, 3.05) is 11.6 Å². The molecule has 7 nitrogen and oxygen atoms in total. The highest BCUT2D eigenvalue weighted by Gasteiger charge is 2.17. The van der Waals surface area contributed by atoms with E-state index in [0.29, 0.717) is 11.5 Å². The third-order valence-corrected chi connectivity index (χ3v) is 4.83. The predicted octanol–water partition coefficient (Wildman–Crippen LogP) is 2.61. The summed E-state index contributed by atoms with van der Waals surface area (Å²) in [5.74, 6) is -0.287. The first kappa shape index (κ1) is 18.8. The largest absolute Gasteiger partial charge is 0.296 e. The summed E-state index contributed by atoms with van der Waals surface area (Å²) in [5.41, 5.74) is 1.75. The molecule has 0 aliphatic heterocycles. The van der Waals surface area contributed by atoms with Crippen LogP contribution < -0.4 is 5.32 Å². The summed E-state index contributed by atoms with van der Waals surface area (Å²) in [6.07, 6.45) is 2.43. The third kappa shape index (κ3) is 4.95. The van der Waals surface area contributed by atoms with E-state index < -0.39 is 15.7 Å². The van der Waals surface area contributed by atoms with Crippen molar-refractivity contribution in [3.8, 4) is 6.07 Å². The molecule has 0 bridgehead atoms. The van der Waals surface area contributed by atoms with Gasteiger partial charge >= 0.3 is 0 Å². The summed E-state index contributed by atoms with van der Waals surface area (Å²) in [4.78, 5) is 15.9. The molecule has 0 unspecified atom stereocenters. The van der Waals surface area contributed by atoms with Gasteiger partial charge in [0.2, 0.25) is 15.0 Å². The molecular formula is C16H16N4O3S2. The zero-order chi connectivity index (χ0) is 18.6. The van der Waals surface area contributed by atoms with Crippen molar-refractivity contribution in [1.82, 2.24) is 9.36 Å². The topological polar surface area (TPSA) is 113 Å². The molecule has 0 atom stereocenters. The highest BCUT2D eigenvalue weighted by atomic mass is 32.2. The quantitative estimate of drug-likeness (QED) is 0.634. The van der Waals surface area contributed by atoms with Crippen molar-refractivity contribution in [3.05, 3.63) is 41.0 Å². The van der Waals surface area contributed by atoms with Crippen LogP contribution in [0.25, 0.3) is 6.08 Å². The Morgan fingerprint density at radius 3 is 2.44 bits per heavy atom. The molecule has 1 aromatic carbocycles. The molecule has 130 valence electrons. The molecule has 0 spiro atoms. The van der Waals surface area contributed by atoms with Gasteiger partial charge in [-0.15, -0.1) is 0 Å². The molecule has 0 saturated carbocycles. The van der Waals surface area contributed by atoms with E-state index in [1.54, 1.807) is 0 Å². The van der Waals surface area contributed by atoms with Gasteiger partial charge in [0.25, 0.3) is 11.1 Å². The van der Waals surface area contributed by atoms with Crippen molar-refractivity contribution in [2.24, 2.45) is 0 Å². The molecular weight excluding hydrogens is 360 g/mol. The average molecular weight is 376 g/mol. The van der Waals surface area contributed by atoms with E-state index >= 15 is 0 Å². The van der Waals surface area contributed by atoms with Gasteiger partial charge < -0.3 is 0 Å². The first-order valence-electron chi connectivity index (χ1n) is 7.27. The summed E-state index contributed by atoms with van der Waals surface area (Å²) in [5, 5.41) is 11.2. The number of benzene rings is 1.